The Morgan fingerprint density at radius 1 is 1.48 bits per heavy atom. The molecule has 6 nitrogen and oxygen atoms in total. The zero-order valence-corrected chi connectivity index (χ0v) is 11.5. The van der Waals surface area contributed by atoms with Crippen molar-refractivity contribution >= 4 is 17.3 Å². The fourth-order valence-corrected chi connectivity index (χ4v) is 1.77. The molecule has 0 aliphatic heterocycles. The SMILES string of the molecule is Cc1cc(CNc2cnn(CC(F)(F)F)c(=O)c2Cl)on1. The molecule has 10 heteroatoms. The summed E-state index contributed by atoms with van der Waals surface area (Å²) < 4.78 is 41.9. The monoisotopic (exact) mass is 322 g/mol. The second kappa shape index (κ2) is 5.76. The van der Waals surface area contributed by atoms with Gasteiger partial charge in [-0.3, -0.25) is 4.79 Å². The lowest BCUT2D eigenvalue weighted by atomic mass is 10.3. The average molecular weight is 323 g/mol. The summed E-state index contributed by atoms with van der Waals surface area (Å²) in [6.07, 6.45) is -3.49. The third-order valence-corrected chi connectivity index (χ3v) is 2.81. The zero-order chi connectivity index (χ0) is 15.6. The number of anilines is 1. The van der Waals surface area contributed by atoms with E-state index in [9.17, 15) is 18.0 Å². The molecule has 0 aliphatic rings. The molecule has 0 unspecified atom stereocenters. The minimum Gasteiger partial charge on any atom is -0.375 e. The molecule has 0 aliphatic carbocycles. The summed E-state index contributed by atoms with van der Waals surface area (Å²) in [6, 6.07) is 1.67. The Balaban J connectivity index is 2.15. The van der Waals surface area contributed by atoms with E-state index in [2.05, 4.69) is 15.6 Å². The fraction of sp³-hybridized carbons (Fsp3) is 0.364. The number of hydrogen-bond acceptors (Lipinski definition) is 5. The van der Waals surface area contributed by atoms with Gasteiger partial charge in [0.1, 0.15) is 11.6 Å². The highest BCUT2D eigenvalue weighted by molar-refractivity contribution is 6.32. The van der Waals surface area contributed by atoms with Crippen molar-refractivity contribution in [3.05, 3.63) is 39.1 Å². The van der Waals surface area contributed by atoms with Crippen molar-refractivity contribution in [3.8, 4) is 0 Å². The molecule has 0 aromatic carbocycles. The molecule has 2 rings (SSSR count). The lowest BCUT2D eigenvalue weighted by Gasteiger charge is -2.10. The van der Waals surface area contributed by atoms with Crippen molar-refractivity contribution in [2.24, 2.45) is 0 Å². The highest BCUT2D eigenvalue weighted by Gasteiger charge is 2.29. The predicted octanol–water partition coefficient (Wildman–Crippen LogP) is 2.37. The fourth-order valence-electron chi connectivity index (χ4n) is 1.55. The Kier molecular flexibility index (Phi) is 4.21. The molecule has 2 heterocycles. The molecule has 0 saturated carbocycles. The van der Waals surface area contributed by atoms with Crippen molar-refractivity contribution in [1.29, 1.82) is 0 Å². The van der Waals surface area contributed by atoms with Crippen LogP contribution in [0.3, 0.4) is 0 Å². The molecule has 0 saturated heterocycles. The highest BCUT2D eigenvalue weighted by atomic mass is 35.5. The second-order valence-electron chi connectivity index (χ2n) is 4.24. The Hall–Kier alpha value is -2.03. The van der Waals surface area contributed by atoms with E-state index in [-0.39, 0.29) is 21.9 Å². The number of halogens is 4. The first-order chi connectivity index (χ1) is 9.76. The Morgan fingerprint density at radius 3 is 2.76 bits per heavy atom. The number of nitrogens with one attached hydrogen (secondary N) is 1. The van der Waals surface area contributed by atoms with Crippen molar-refractivity contribution in [1.82, 2.24) is 14.9 Å². The number of hydrogen-bond donors (Lipinski definition) is 1. The van der Waals surface area contributed by atoms with Crippen LogP contribution in [-0.4, -0.2) is 21.1 Å². The first-order valence-electron chi connectivity index (χ1n) is 5.75. The van der Waals surface area contributed by atoms with E-state index in [4.69, 9.17) is 16.1 Å². The largest absolute Gasteiger partial charge is 0.408 e. The van der Waals surface area contributed by atoms with Gasteiger partial charge in [0.05, 0.1) is 24.1 Å². The maximum atomic E-state index is 12.2. The molecule has 21 heavy (non-hydrogen) atoms. The van der Waals surface area contributed by atoms with Gasteiger partial charge in [-0.05, 0) is 6.92 Å². The number of aromatic nitrogens is 3. The standard InChI is InChI=1S/C11H10ClF3N4O2/c1-6-2-7(21-18-6)3-16-8-4-17-19(5-11(13,14)15)10(20)9(8)12/h2,4,16H,3,5H2,1H3. The first-order valence-corrected chi connectivity index (χ1v) is 6.12. The summed E-state index contributed by atoms with van der Waals surface area (Å²) in [7, 11) is 0. The van der Waals surface area contributed by atoms with Crippen LogP contribution in [-0.2, 0) is 13.1 Å². The smallest absolute Gasteiger partial charge is 0.375 e. The van der Waals surface area contributed by atoms with Gasteiger partial charge in [-0.2, -0.15) is 18.3 Å². The van der Waals surface area contributed by atoms with Gasteiger partial charge in [0.15, 0.2) is 5.76 Å². The topological polar surface area (TPSA) is 73.0 Å². The van der Waals surface area contributed by atoms with E-state index in [1.165, 1.54) is 0 Å². The van der Waals surface area contributed by atoms with E-state index in [1.807, 2.05) is 0 Å². The van der Waals surface area contributed by atoms with Crippen LogP contribution in [0, 0.1) is 6.92 Å². The molecule has 0 amide bonds. The summed E-state index contributed by atoms with van der Waals surface area (Å²) in [5, 5.41) is 9.48. The summed E-state index contributed by atoms with van der Waals surface area (Å²) in [6.45, 7) is 0.415. The molecule has 0 bridgehead atoms. The Labute approximate surface area is 121 Å². The Bertz CT molecular complexity index is 696. The molecule has 2 aromatic rings. The lowest BCUT2D eigenvalue weighted by molar-refractivity contribution is -0.143. The van der Waals surface area contributed by atoms with Crippen LogP contribution in [0.2, 0.25) is 5.02 Å². The summed E-state index contributed by atoms with van der Waals surface area (Å²) >= 11 is 5.75. The van der Waals surface area contributed by atoms with E-state index in [1.54, 1.807) is 13.0 Å². The van der Waals surface area contributed by atoms with Crippen LogP contribution in [0.4, 0.5) is 18.9 Å². The molecule has 0 spiro atoms. The van der Waals surface area contributed by atoms with E-state index >= 15 is 0 Å². The van der Waals surface area contributed by atoms with Gasteiger partial charge >= 0.3 is 6.18 Å². The van der Waals surface area contributed by atoms with Gasteiger partial charge in [0.25, 0.3) is 5.56 Å². The van der Waals surface area contributed by atoms with E-state index in [0.29, 0.717) is 11.5 Å². The highest BCUT2D eigenvalue weighted by Crippen LogP contribution is 2.19. The van der Waals surface area contributed by atoms with Gasteiger partial charge in [-0.25, -0.2) is 4.68 Å². The van der Waals surface area contributed by atoms with Gasteiger partial charge in [0, 0.05) is 6.07 Å². The zero-order valence-electron chi connectivity index (χ0n) is 10.7. The molecule has 2 aromatic heterocycles. The number of nitrogens with zero attached hydrogens (tertiary/aromatic N) is 3. The minimum absolute atomic E-state index is 0.120. The summed E-state index contributed by atoms with van der Waals surface area (Å²) in [5.41, 5.74) is -0.224. The van der Waals surface area contributed by atoms with E-state index in [0.717, 1.165) is 6.20 Å². The number of alkyl halides is 3. The molecule has 0 radical (unpaired) electrons. The third-order valence-electron chi connectivity index (χ3n) is 2.44. The van der Waals surface area contributed by atoms with Crippen molar-refractivity contribution < 1.29 is 17.7 Å². The van der Waals surface area contributed by atoms with Gasteiger partial charge in [-0.1, -0.05) is 16.8 Å². The summed E-state index contributed by atoms with van der Waals surface area (Å²) in [4.78, 5) is 11.7. The van der Waals surface area contributed by atoms with E-state index < -0.39 is 18.3 Å². The maximum absolute atomic E-state index is 12.2. The number of aryl methyl sites for hydroxylation is 1. The van der Waals surface area contributed by atoms with Crippen molar-refractivity contribution in [2.75, 3.05) is 5.32 Å². The van der Waals surface area contributed by atoms with Crippen LogP contribution in [0.5, 0.6) is 0 Å². The third kappa shape index (κ3) is 3.97. The molecule has 1 N–H and O–H groups in total. The van der Waals surface area contributed by atoms with Crippen molar-refractivity contribution in [3.63, 3.8) is 0 Å². The van der Waals surface area contributed by atoms with Gasteiger partial charge in [-0.15, -0.1) is 0 Å². The van der Waals surface area contributed by atoms with Gasteiger partial charge in [0.2, 0.25) is 0 Å². The Morgan fingerprint density at radius 2 is 2.19 bits per heavy atom. The van der Waals surface area contributed by atoms with Crippen LogP contribution in [0.15, 0.2) is 21.6 Å². The normalized spacial score (nSPS) is 11.7. The average Bonchev–Trinajstić information content (AvgIpc) is 2.79. The van der Waals surface area contributed by atoms with Crippen LogP contribution in [0.25, 0.3) is 0 Å². The molecular formula is C11H10ClF3N4O2. The van der Waals surface area contributed by atoms with Gasteiger partial charge < -0.3 is 9.84 Å². The maximum Gasteiger partial charge on any atom is 0.408 e. The lowest BCUT2D eigenvalue weighted by Crippen LogP contribution is -2.30. The molecule has 114 valence electrons. The second-order valence-corrected chi connectivity index (χ2v) is 4.62. The molecule has 0 atom stereocenters. The quantitative estimate of drug-likeness (QED) is 0.935. The number of rotatable bonds is 4. The van der Waals surface area contributed by atoms with Crippen LogP contribution >= 0.6 is 11.6 Å². The minimum atomic E-state index is -4.55. The molecule has 0 fully saturated rings. The predicted molar refractivity (Wildman–Crippen MR) is 68.1 cm³/mol. The van der Waals surface area contributed by atoms with Crippen molar-refractivity contribution in [2.45, 2.75) is 26.2 Å². The first kappa shape index (κ1) is 15.4. The summed E-state index contributed by atoms with van der Waals surface area (Å²) in [5.74, 6) is 0.489. The van der Waals surface area contributed by atoms with Crippen LogP contribution in [0.1, 0.15) is 11.5 Å². The van der Waals surface area contributed by atoms with Crippen LogP contribution < -0.4 is 10.9 Å². The molecular weight excluding hydrogens is 313 g/mol.